The highest BCUT2D eigenvalue weighted by Gasteiger charge is 2.29. The second-order valence-electron chi connectivity index (χ2n) is 8.61. The Bertz CT molecular complexity index is 1130. The first kappa shape index (κ1) is 20.2. The van der Waals surface area contributed by atoms with Crippen LogP contribution in [0.2, 0.25) is 0 Å². The third-order valence-corrected chi connectivity index (χ3v) is 7.81. The molecular weight excluding hydrogens is 408 g/mol. The van der Waals surface area contributed by atoms with Gasteiger partial charge in [0.1, 0.15) is 5.82 Å². The van der Waals surface area contributed by atoms with Crippen molar-refractivity contribution in [3.05, 3.63) is 51.5 Å². The van der Waals surface area contributed by atoms with Crippen LogP contribution in [0.25, 0.3) is 11.0 Å². The Kier molecular flexibility index (Phi) is 5.52. The van der Waals surface area contributed by atoms with Crippen LogP contribution in [-0.2, 0) is 31.1 Å². The summed E-state index contributed by atoms with van der Waals surface area (Å²) in [5.74, 6) is 1.25. The Labute approximate surface area is 186 Å². The molecule has 6 nitrogen and oxygen atoms in total. The van der Waals surface area contributed by atoms with Crippen molar-refractivity contribution >= 4 is 34.2 Å². The van der Waals surface area contributed by atoms with Crippen molar-refractivity contribution in [1.29, 1.82) is 0 Å². The van der Waals surface area contributed by atoms with E-state index in [0.29, 0.717) is 13.0 Å². The number of likely N-dealkylation sites (tertiary alicyclic amines) is 1. The average molecular weight is 437 g/mol. The average Bonchev–Trinajstić information content (AvgIpc) is 3.52. The zero-order valence-corrected chi connectivity index (χ0v) is 18.7. The molecule has 1 aliphatic heterocycles. The summed E-state index contributed by atoms with van der Waals surface area (Å²) in [4.78, 5) is 34.3. The molecule has 1 aliphatic carbocycles. The summed E-state index contributed by atoms with van der Waals surface area (Å²) < 4.78 is 2.10. The second kappa shape index (κ2) is 8.46. The number of hydrogen-bond donors (Lipinski definition) is 1. The van der Waals surface area contributed by atoms with E-state index in [9.17, 15) is 9.59 Å². The first-order valence-electron chi connectivity index (χ1n) is 11.2. The van der Waals surface area contributed by atoms with Crippen LogP contribution >= 0.6 is 11.3 Å². The Balaban J connectivity index is 1.18. The van der Waals surface area contributed by atoms with Gasteiger partial charge in [-0.25, -0.2) is 4.98 Å². The molecular formula is C24H28N4O2S. The van der Waals surface area contributed by atoms with E-state index in [1.54, 1.807) is 11.3 Å². The van der Waals surface area contributed by atoms with E-state index < -0.39 is 0 Å². The normalized spacial score (nSPS) is 18.4. The Morgan fingerprint density at radius 2 is 2.03 bits per heavy atom. The van der Waals surface area contributed by atoms with Crippen molar-refractivity contribution in [2.24, 2.45) is 13.0 Å². The highest BCUT2D eigenvalue weighted by molar-refractivity contribution is 7.14. The summed E-state index contributed by atoms with van der Waals surface area (Å²) in [5, 5.41) is 3.11. The van der Waals surface area contributed by atoms with E-state index in [0.717, 1.165) is 66.9 Å². The smallest absolute Gasteiger partial charge is 0.263 e. The number of carbonyl (C=O) groups is 2. The molecule has 2 aromatic heterocycles. The van der Waals surface area contributed by atoms with E-state index in [1.165, 1.54) is 10.4 Å². The van der Waals surface area contributed by atoms with Crippen molar-refractivity contribution in [3.8, 4) is 0 Å². The minimum atomic E-state index is -0.0164. The number of aryl methyl sites for hydroxylation is 2. The number of hydrogen-bond acceptors (Lipinski definition) is 4. The van der Waals surface area contributed by atoms with Gasteiger partial charge in [-0.1, -0.05) is 12.1 Å². The van der Waals surface area contributed by atoms with Crippen LogP contribution in [0.15, 0.2) is 30.3 Å². The summed E-state index contributed by atoms with van der Waals surface area (Å²) >= 11 is 1.63. The molecule has 1 aromatic carbocycles. The quantitative estimate of drug-likeness (QED) is 0.667. The van der Waals surface area contributed by atoms with E-state index >= 15 is 0 Å². The fourth-order valence-electron chi connectivity index (χ4n) is 4.79. The lowest BCUT2D eigenvalue weighted by atomic mass is 9.87. The highest BCUT2D eigenvalue weighted by atomic mass is 32.1. The summed E-state index contributed by atoms with van der Waals surface area (Å²) in [6, 6.07) is 10.1. The maximum atomic E-state index is 12.8. The molecule has 1 saturated heterocycles. The predicted molar refractivity (Wildman–Crippen MR) is 122 cm³/mol. The number of benzene rings is 1. The van der Waals surface area contributed by atoms with Gasteiger partial charge in [-0.05, 0) is 55.9 Å². The van der Waals surface area contributed by atoms with Gasteiger partial charge in [-0.2, -0.15) is 0 Å². The van der Waals surface area contributed by atoms with Crippen molar-refractivity contribution in [2.45, 2.75) is 38.5 Å². The van der Waals surface area contributed by atoms with Gasteiger partial charge >= 0.3 is 0 Å². The number of carbonyl (C=O) groups excluding carboxylic acids is 2. The van der Waals surface area contributed by atoms with Crippen LogP contribution < -0.4 is 5.32 Å². The molecule has 5 rings (SSSR count). The second-order valence-corrected chi connectivity index (χ2v) is 9.75. The summed E-state index contributed by atoms with van der Waals surface area (Å²) in [6.07, 6.45) is 5.39. The SMILES string of the molecule is Cn1c(CCNC(=O)C2CCc3sc(C(=O)N4CCCC4)cc3C2)nc2ccccc21. The van der Waals surface area contributed by atoms with Crippen molar-refractivity contribution in [2.75, 3.05) is 19.6 Å². The molecule has 2 aliphatic rings. The molecule has 0 radical (unpaired) electrons. The molecule has 31 heavy (non-hydrogen) atoms. The van der Waals surface area contributed by atoms with Crippen LogP contribution in [0.1, 0.15) is 45.2 Å². The van der Waals surface area contributed by atoms with E-state index in [-0.39, 0.29) is 17.7 Å². The molecule has 2 amide bonds. The predicted octanol–water partition coefficient (Wildman–Crippen LogP) is 3.33. The number of aromatic nitrogens is 2. The maximum absolute atomic E-state index is 12.8. The van der Waals surface area contributed by atoms with Gasteiger partial charge < -0.3 is 14.8 Å². The van der Waals surface area contributed by atoms with Crippen molar-refractivity contribution in [1.82, 2.24) is 19.8 Å². The number of nitrogens with zero attached hydrogens (tertiary/aromatic N) is 3. The third-order valence-electron chi connectivity index (χ3n) is 6.59. The van der Waals surface area contributed by atoms with Gasteiger partial charge in [0.2, 0.25) is 5.91 Å². The van der Waals surface area contributed by atoms with Crippen LogP contribution in [0, 0.1) is 5.92 Å². The van der Waals surface area contributed by atoms with Crippen molar-refractivity contribution < 1.29 is 9.59 Å². The number of thiophene rings is 1. The highest BCUT2D eigenvalue weighted by Crippen LogP contribution is 2.33. The molecule has 1 N–H and O–H groups in total. The molecule has 1 unspecified atom stereocenters. The fraction of sp³-hybridized carbons (Fsp3) is 0.458. The number of nitrogens with one attached hydrogen (secondary N) is 1. The zero-order chi connectivity index (χ0) is 21.4. The number of fused-ring (bicyclic) bond motifs is 2. The third kappa shape index (κ3) is 3.99. The Hall–Kier alpha value is -2.67. The fourth-order valence-corrected chi connectivity index (χ4v) is 5.97. The van der Waals surface area contributed by atoms with Gasteiger partial charge in [0.25, 0.3) is 5.91 Å². The zero-order valence-electron chi connectivity index (χ0n) is 17.9. The first-order chi connectivity index (χ1) is 15.1. The largest absolute Gasteiger partial charge is 0.355 e. The van der Waals surface area contributed by atoms with Gasteiger partial charge in [-0.15, -0.1) is 11.3 Å². The summed E-state index contributed by atoms with van der Waals surface area (Å²) in [5.41, 5.74) is 3.29. The Morgan fingerprint density at radius 1 is 1.23 bits per heavy atom. The molecule has 1 fully saturated rings. The molecule has 1 atom stereocenters. The number of rotatable bonds is 5. The Morgan fingerprint density at radius 3 is 2.84 bits per heavy atom. The minimum Gasteiger partial charge on any atom is -0.355 e. The number of imidazole rings is 1. The maximum Gasteiger partial charge on any atom is 0.263 e. The van der Waals surface area contributed by atoms with E-state index in [1.807, 2.05) is 36.2 Å². The molecule has 0 saturated carbocycles. The van der Waals surface area contributed by atoms with Gasteiger partial charge in [-0.3, -0.25) is 9.59 Å². The van der Waals surface area contributed by atoms with Crippen LogP contribution in [-0.4, -0.2) is 45.9 Å². The minimum absolute atomic E-state index is 0.0164. The topological polar surface area (TPSA) is 67.2 Å². The molecule has 7 heteroatoms. The lowest BCUT2D eigenvalue weighted by Crippen LogP contribution is -2.35. The molecule has 3 heterocycles. The van der Waals surface area contributed by atoms with E-state index in [2.05, 4.69) is 20.9 Å². The van der Waals surface area contributed by atoms with Crippen LogP contribution in [0.5, 0.6) is 0 Å². The van der Waals surface area contributed by atoms with Gasteiger partial charge in [0.15, 0.2) is 0 Å². The summed E-state index contributed by atoms with van der Waals surface area (Å²) in [6.45, 7) is 2.33. The van der Waals surface area contributed by atoms with E-state index in [4.69, 9.17) is 0 Å². The first-order valence-corrected chi connectivity index (χ1v) is 12.0. The molecule has 3 aromatic rings. The monoisotopic (exact) mass is 436 g/mol. The van der Waals surface area contributed by atoms with Crippen LogP contribution in [0.3, 0.4) is 0 Å². The van der Waals surface area contributed by atoms with Gasteiger partial charge in [0.05, 0.1) is 15.9 Å². The van der Waals surface area contributed by atoms with Gasteiger partial charge in [0, 0.05) is 43.9 Å². The lowest BCUT2D eigenvalue weighted by Gasteiger charge is -2.21. The van der Waals surface area contributed by atoms with Crippen LogP contribution in [0.4, 0.5) is 0 Å². The number of para-hydroxylation sites is 2. The standard InChI is InChI=1S/C24H28N4O2S/c1-27-19-7-3-2-6-18(19)26-22(27)10-11-25-23(29)16-8-9-20-17(14-16)15-21(31-20)24(30)28-12-4-5-13-28/h2-3,6-7,15-16H,4-5,8-14H2,1H3,(H,25,29). The van der Waals surface area contributed by atoms with Crippen molar-refractivity contribution in [3.63, 3.8) is 0 Å². The number of amides is 2. The lowest BCUT2D eigenvalue weighted by molar-refractivity contribution is -0.125. The summed E-state index contributed by atoms with van der Waals surface area (Å²) in [7, 11) is 2.02. The molecule has 0 bridgehead atoms. The molecule has 0 spiro atoms. The molecule has 162 valence electrons.